The van der Waals surface area contributed by atoms with Crippen LogP contribution in [0.4, 0.5) is 0 Å². The van der Waals surface area contributed by atoms with Gasteiger partial charge in [-0.1, -0.05) is 37.3 Å². The molecule has 2 atom stereocenters. The van der Waals surface area contributed by atoms with Gasteiger partial charge in [0.15, 0.2) is 5.78 Å². The molecule has 1 heterocycles. The molecule has 1 aliphatic heterocycles. The van der Waals surface area contributed by atoms with E-state index in [4.69, 9.17) is 0 Å². The van der Waals surface area contributed by atoms with Crippen molar-refractivity contribution in [3.05, 3.63) is 59.2 Å². The van der Waals surface area contributed by atoms with Gasteiger partial charge in [0, 0.05) is 29.8 Å². The SMILES string of the molecule is CC1CCN(C(=O)c2ccc3c(c2)C(=O)c2ccccc2-3)CC1O. The average Bonchev–Trinajstić information content (AvgIpc) is 2.89. The number of β-amino-alcohol motifs (C(OH)–C–C–N with tert-alkyl or cyclic N) is 1. The van der Waals surface area contributed by atoms with Crippen LogP contribution in [-0.4, -0.2) is 40.9 Å². The van der Waals surface area contributed by atoms with Crippen LogP contribution in [0.15, 0.2) is 42.5 Å². The lowest BCUT2D eigenvalue weighted by Crippen LogP contribution is -2.45. The zero-order valence-electron chi connectivity index (χ0n) is 13.5. The highest BCUT2D eigenvalue weighted by molar-refractivity contribution is 6.22. The number of rotatable bonds is 1. The van der Waals surface area contributed by atoms with Gasteiger partial charge in [-0.2, -0.15) is 0 Å². The van der Waals surface area contributed by atoms with Gasteiger partial charge in [0.2, 0.25) is 0 Å². The van der Waals surface area contributed by atoms with Crippen LogP contribution in [0.25, 0.3) is 11.1 Å². The molecule has 2 aromatic rings. The Hall–Kier alpha value is -2.46. The summed E-state index contributed by atoms with van der Waals surface area (Å²) in [5.41, 5.74) is 3.61. The minimum absolute atomic E-state index is 0.0254. The third-order valence-corrected chi connectivity index (χ3v) is 5.18. The third-order valence-electron chi connectivity index (χ3n) is 5.18. The van der Waals surface area contributed by atoms with Crippen LogP contribution in [-0.2, 0) is 0 Å². The van der Waals surface area contributed by atoms with Crippen LogP contribution in [0.3, 0.4) is 0 Å². The lowest BCUT2D eigenvalue weighted by Gasteiger charge is -2.34. The molecule has 4 heteroatoms. The fraction of sp³-hybridized carbons (Fsp3) is 0.300. The number of fused-ring (bicyclic) bond motifs is 3. The van der Waals surface area contributed by atoms with Crippen LogP contribution in [0.2, 0.25) is 0 Å². The summed E-state index contributed by atoms with van der Waals surface area (Å²) in [4.78, 5) is 27.0. The summed E-state index contributed by atoms with van der Waals surface area (Å²) in [6.45, 7) is 2.99. The standard InChI is InChI=1S/C20H19NO3/c1-12-8-9-21(11-18(12)22)20(24)13-6-7-15-14-4-2-3-5-16(14)19(23)17(15)10-13/h2-7,10,12,18,22H,8-9,11H2,1H3. The molecule has 1 saturated heterocycles. The zero-order valence-corrected chi connectivity index (χ0v) is 13.5. The predicted molar refractivity (Wildman–Crippen MR) is 91.0 cm³/mol. The lowest BCUT2D eigenvalue weighted by molar-refractivity contribution is 0.0248. The lowest BCUT2D eigenvalue weighted by atomic mass is 9.95. The first kappa shape index (κ1) is 15.1. The Morgan fingerprint density at radius 1 is 1.08 bits per heavy atom. The summed E-state index contributed by atoms with van der Waals surface area (Å²) in [7, 11) is 0. The smallest absolute Gasteiger partial charge is 0.253 e. The molecule has 2 aromatic carbocycles. The largest absolute Gasteiger partial charge is 0.391 e. The number of likely N-dealkylation sites (tertiary alicyclic amines) is 1. The summed E-state index contributed by atoms with van der Waals surface area (Å²) in [5, 5.41) is 10.0. The molecule has 4 rings (SSSR count). The quantitative estimate of drug-likeness (QED) is 0.750. The van der Waals surface area contributed by atoms with E-state index in [1.807, 2.05) is 37.3 Å². The number of carbonyl (C=O) groups is 2. The maximum Gasteiger partial charge on any atom is 0.253 e. The molecule has 24 heavy (non-hydrogen) atoms. The van der Waals surface area contributed by atoms with E-state index in [0.717, 1.165) is 17.5 Å². The van der Waals surface area contributed by atoms with Crippen LogP contribution >= 0.6 is 0 Å². The molecule has 1 amide bonds. The number of carbonyl (C=O) groups excluding carboxylic acids is 2. The van der Waals surface area contributed by atoms with Crippen molar-refractivity contribution in [3.63, 3.8) is 0 Å². The first-order chi connectivity index (χ1) is 11.6. The molecule has 0 saturated carbocycles. The van der Waals surface area contributed by atoms with Crippen molar-refractivity contribution in [1.82, 2.24) is 4.90 Å². The minimum Gasteiger partial charge on any atom is -0.391 e. The van der Waals surface area contributed by atoms with Gasteiger partial charge in [-0.25, -0.2) is 0 Å². The summed E-state index contributed by atoms with van der Waals surface area (Å²) in [6.07, 6.45) is 0.311. The minimum atomic E-state index is -0.483. The molecule has 122 valence electrons. The molecule has 0 spiro atoms. The first-order valence-corrected chi connectivity index (χ1v) is 8.32. The second-order valence-electron chi connectivity index (χ2n) is 6.72. The van der Waals surface area contributed by atoms with Gasteiger partial charge in [0.1, 0.15) is 0 Å². The molecular formula is C20H19NO3. The normalized spacial score (nSPS) is 22.2. The number of aliphatic hydroxyl groups excluding tert-OH is 1. The summed E-state index contributed by atoms with van der Waals surface area (Å²) < 4.78 is 0. The highest BCUT2D eigenvalue weighted by atomic mass is 16.3. The van der Waals surface area contributed by atoms with Crippen LogP contribution in [0.5, 0.6) is 0 Å². The molecule has 0 bridgehead atoms. The van der Waals surface area contributed by atoms with Crippen molar-refractivity contribution in [3.8, 4) is 11.1 Å². The Morgan fingerprint density at radius 3 is 2.54 bits per heavy atom. The Labute approximate surface area is 140 Å². The molecule has 2 aliphatic rings. The Bertz CT molecular complexity index is 843. The van der Waals surface area contributed by atoms with E-state index in [1.165, 1.54) is 0 Å². The van der Waals surface area contributed by atoms with Crippen LogP contribution in [0.1, 0.15) is 39.6 Å². The molecule has 1 fully saturated rings. The molecule has 0 radical (unpaired) electrons. The van der Waals surface area contributed by atoms with Crippen molar-refractivity contribution in [2.24, 2.45) is 5.92 Å². The Kier molecular flexibility index (Phi) is 3.50. The van der Waals surface area contributed by atoms with E-state index in [1.54, 1.807) is 17.0 Å². The monoisotopic (exact) mass is 321 g/mol. The maximum absolute atomic E-state index is 12.7. The summed E-state index contributed by atoms with van der Waals surface area (Å²) >= 11 is 0. The van der Waals surface area contributed by atoms with Gasteiger partial charge < -0.3 is 10.0 Å². The van der Waals surface area contributed by atoms with E-state index >= 15 is 0 Å². The molecule has 2 unspecified atom stereocenters. The second-order valence-corrected chi connectivity index (χ2v) is 6.72. The third kappa shape index (κ3) is 2.26. The maximum atomic E-state index is 12.7. The molecule has 1 aliphatic carbocycles. The second kappa shape index (κ2) is 5.56. The fourth-order valence-corrected chi connectivity index (χ4v) is 3.58. The Balaban J connectivity index is 1.65. The molecule has 1 N–H and O–H groups in total. The van der Waals surface area contributed by atoms with Crippen LogP contribution < -0.4 is 0 Å². The fourth-order valence-electron chi connectivity index (χ4n) is 3.58. The van der Waals surface area contributed by atoms with E-state index < -0.39 is 6.10 Å². The van der Waals surface area contributed by atoms with Crippen molar-refractivity contribution >= 4 is 11.7 Å². The number of aliphatic hydroxyl groups is 1. The van der Waals surface area contributed by atoms with Crippen LogP contribution in [0, 0.1) is 5.92 Å². The van der Waals surface area contributed by atoms with E-state index in [-0.39, 0.29) is 17.6 Å². The number of hydrogen-bond acceptors (Lipinski definition) is 3. The van der Waals surface area contributed by atoms with Crippen molar-refractivity contribution in [2.75, 3.05) is 13.1 Å². The topological polar surface area (TPSA) is 57.6 Å². The highest BCUT2D eigenvalue weighted by Gasteiger charge is 2.30. The molecule has 4 nitrogen and oxygen atoms in total. The number of amides is 1. The van der Waals surface area contributed by atoms with E-state index in [0.29, 0.717) is 29.8 Å². The van der Waals surface area contributed by atoms with E-state index in [9.17, 15) is 14.7 Å². The van der Waals surface area contributed by atoms with Gasteiger partial charge in [-0.3, -0.25) is 9.59 Å². The van der Waals surface area contributed by atoms with Crippen molar-refractivity contribution in [2.45, 2.75) is 19.4 Å². The number of benzene rings is 2. The van der Waals surface area contributed by atoms with Crippen molar-refractivity contribution in [1.29, 1.82) is 0 Å². The van der Waals surface area contributed by atoms with Gasteiger partial charge >= 0.3 is 0 Å². The number of hydrogen-bond donors (Lipinski definition) is 1. The Morgan fingerprint density at radius 2 is 1.79 bits per heavy atom. The average molecular weight is 321 g/mol. The summed E-state index contributed by atoms with van der Waals surface area (Å²) in [6, 6.07) is 12.9. The van der Waals surface area contributed by atoms with Gasteiger partial charge in [-0.05, 0) is 35.6 Å². The van der Waals surface area contributed by atoms with E-state index in [2.05, 4.69) is 0 Å². The summed E-state index contributed by atoms with van der Waals surface area (Å²) in [5.74, 6) is 0.0696. The first-order valence-electron chi connectivity index (χ1n) is 8.32. The number of piperidine rings is 1. The zero-order chi connectivity index (χ0) is 16.8. The van der Waals surface area contributed by atoms with Gasteiger partial charge in [0.25, 0.3) is 5.91 Å². The molecular weight excluding hydrogens is 302 g/mol. The molecule has 0 aromatic heterocycles. The van der Waals surface area contributed by atoms with Gasteiger partial charge in [0.05, 0.1) is 6.10 Å². The highest BCUT2D eigenvalue weighted by Crippen LogP contribution is 2.37. The number of ketones is 1. The number of nitrogens with zero attached hydrogens (tertiary/aromatic N) is 1. The van der Waals surface area contributed by atoms with Crippen molar-refractivity contribution < 1.29 is 14.7 Å². The van der Waals surface area contributed by atoms with Gasteiger partial charge in [-0.15, -0.1) is 0 Å². The predicted octanol–water partition coefficient (Wildman–Crippen LogP) is 2.74.